The number of anilines is 1. The van der Waals surface area contributed by atoms with Gasteiger partial charge in [0.05, 0.1) is 6.61 Å². The maximum absolute atomic E-state index is 5.97. The molecule has 0 aliphatic carbocycles. The molecular formula is C20H27N5O. The van der Waals surface area contributed by atoms with Gasteiger partial charge in [0, 0.05) is 42.5 Å². The van der Waals surface area contributed by atoms with E-state index >= 15 is 0 Å². The topological polar surface area (TPSA) is 69.7 Å². The monoisotopic (exact) mass is 353 g/mol. The quantitative estimate of drug-likeness (QED) is 0.671. The van der Waals surface area contributed by atoms with Crippen molar-refractivity contribution < 1.29 is 4.74 Å². The Morgan fingerprint density at radius 2 is 2.15 bits per heavy atom. The first-order valence-corrected chi connectivity index (χ1v) is 9.37. The van der Waals surface area contributed by atoms with Crippen LogP contribution in [0.1, 0.15) is 30.9 Å². The van der Waals surface area contributed by atoms with E-state index in [4.69, 9.17) is 4.74 Å². The van der Waals surface area contributed by atoms with Crippen molar-refractivity contribution in [2.24, 2.45) is 4.99 Å². The van der Waals surface area contributed by atoms with Gasteiger partial charge in [-0.3, -0.25) is 4.99 Å². The summed E-state index contributed by atoms with van der Waals surface area (Å²) in [5.74, 6) is 1.95. The third-order valence-corrected chi connectivity index (χ3v) is 4.99. The van der Waals surface area contributed by atoms with Crippen LogP contribution in [0.2, 0.25) is 0 Å². The van der Waals surface area contributed by atoms with Gasteiger partial charge in [-0.15, -0.1) is 0 Å². The Balaban J connectivity index is 1.62. The van der Waals surface area contributed by atoms with Crippen molar-refractivity contribution in [3.63, 3.8) is 0 Å². The van der Waals surface area contributed by atoms with Gasteiger partial charge in [0.25, 0.3) is 0 Å². The Morgan fingerprint density at radius 3 is 3.04 bits per heavy atom. The van der Waals surface area contributed by atoms with Crippen molar-refractivity contribution in [2.75, 3.05) is 32.1 Å². The predicted molar refractivity (Wildman–Crippen MR) is 107 cm³/mol. The molecule has 0 fully saturated rings. The van der Waals surface area contributed by atoms with Gasteiger partial charge in [-0.25, -0.2) is 0 Å². The third kappa shape index (κ3) is 3.55. The minimum absolute atomic E-state index is 0.0864. The zero-order valence-electron chi connectivity index (χ0n) is 15.5. The SMILES string of the molecule is CN=C1C=C(C)NC(Nc2cc3c(c(C4=CCNCCC4)c2)OCC3)N1. The van der Waals surface area contributed by atoms with Gasteiger partial charge in [-0.1, -0.05) is 6.08 Å². The summed E-state index contributed by atoms with van der Waals surface area (Å²) in [6, 6.07) is 4.43. The Labute approximate surface area is 154 Å². The van der Waals surface area contributed by atoms with Crippen LogP contribution < -0.4 is 26.0 Å². The summed E-state index contributed by atoms with van der Waals surface area (Å²) in [5, 5.41) is 13.8. The molecule has 0 spiro atoms. The molecule has 0 aromatic heterocycles. The van der Waals surface area contributed by atoms with Crippen molar-refractivity contribution in [1.29, 1.82) is 0 Å². The third-order valence-electron chi connectivity index (χ3n) is 4.99. The summed E-state index contributed by atoms with van der Waals surface area (Å²) in [4.78, 5) is 4.26. The van der Waals surface area contributed by atoms with E-state index in [1.165, 1.54) is 16.7 Å². The fourth-order valence-corrected chi connectivity index (χ4v) is 3.75. The molecule has 1 aromatic carbocycles. The second-order valence-electron chi connectivity index (χ2n) is 6.95. The van der Waals surface area contributed by atoms with Crippen LogP contribution in [-0.2, 0) is 6.42 Å². The summed E-state index contributed by atoms with van der Waals surface area (Å²) >= 11 is 0. The largest absolute Gasteiger partial charge is 0.492 e. The van der Waals surface area contributed by atoms with Gasteiger partial charge >= 0.3 is 0 Å². The number of hydrogen-bond donors (Lipinski definition) is 4. The highest BCUT2D eigenvalue weighted by Gasteiger charge is 2.22. The fourth-order valence-electron chi connectivity index (χ4n) is 3.75. The molecule has 1 unspecified atom stereocenters. The van der Waals surface area contributed by atoms with E-state index in [0.717, 1.165) is 61.9 Å². The Hall–Kier alpha value is -2.47. The molecule has 3 heterocycles. The average molecular weight is 353 g/mol. The molecular weight excluding hydrogens is 326 g/mol. The lowest BCUT2D eigenvalue weighted by Gasteiger charge is -2.29. The van der Waals surface area contributed by atoms with E-state index in [-0.39, 0.29) is 6.29 Å². The lowest BCUT2D eigenvalue weighted by Crippen LogP contribution is -2.52. The molecule has 1 atom stereocenters. The zero-order chi connectivity index (χ0) is 17.9. The second kappa shape index (κ2) is 7.41. The maximum Gasteiger partial charge on any atom is 0.174 e. The minimum Gasteiger partial charge on any atom is -0.492 e. The number of amidine groups is 1. The van der Waals surface area contributed by atoms with Crippen molar-refractivity contribution >= 4 is 17.1 Å². The van der Waals surface area contributed by atoms with E-state index in [9.17, 15) is 0 Å². The summed E-state index contributed by atoms with van der Waals surface area (Å²) in [7, 11) is 1.80. The number of hydrogen-bond acceptors (Lipinski definition) is 5. The predicted octanol–water partition coefficient (Wildman–Crippen LogP) is 2.21. The molecule has 0 saturated carbocycles. The second-order valence-corrected chi connectivity index (χ2v) is 6.95. The number of aliphatic imine (C=N–C) groups is 1. The van der Waals surface area contributed by atoms with Gasteiger partial charge in [-0.2, -0.15) is 0 Å². The maximum atomic E-state index is 5.97. The molecule has 0 radical (unpaired) electrons. The summed E-state index contributed by atoms with van der Waals surface area (Å²) < 4.78 is 5.97. The van der Waals surface area contributed by atoms with Crippen molar-refractivity contribution in [1.82, 2.24) is 16.0 Å². The number of nitrogens with zero attached hydrogens (tertiary/aromatic N) is 1. The van der Waals surface area contributed by atoms with Gasteiger partial charge < -0.3 is 26.0 Å². The van der Waals surface area contributed by atoms with Gasteiger partial charge in [0.15, 0.2) is 6.29 Å². The molecule has 26 heavy (non-hydrogen) atoms. The fraction of sp³-hybridized carbons (Fsp3) is 0.450. The van der Waals surface area contributed by atoms with Crippen molar-refractivity contribution in [2.45, 2.75) is 32.5 Å². The molecule has 0 bridgehead atoms. The molecule has 6 nitrogen and oxygen atoms in total. The lowest BCUT2D eigenvalue weighted by molar-refractivity contribution is 0.356. The van der Waals surface area contributed by atoms with Crippen LogP contribution in [0.15, 0.2) is 35.0 Å². The number of rotatable bonds is 3. The number of ether oxygens (including phenoxy) is 1. The number of allylic oxidation sites excluding steroid dienone is 2. The molecule has 4 rings (SSSR count). The Bertz CT molecular complexity index is 781. The average Bonchev–Trinajstić information content (AvgIpc) is 2.93. The molecule has 3 aliphatic rings. The standard InChI is InChI=1S/C20H27N5O/c1-13-10-18(21-2)25-20(23-13)24-16-11-15-6-9-26-19(15)17(12-16)14-4-3-7-22-8-5-14/h5,10-12,20,22-24H,3-4,6-9H2,1-2H3,(H,21,25). The van der Waals surface area contributed by atoms with Crippen LogP contribution in [0.25, 0.3) is 5.57 Å². The van der Waals surface area contributed by atoms with Gasteiger partial charge in [-0.05, 0) is 50.1 Å². The van der Waals surface area contributed by atoms with E-state index in [0.29, 0.717) is 0 Å². The minimum atomic E-state index is -0.0864. The summed E-state index contributed by atoms with van der Waals surface area (Å²) in [6.45, 7) is 4.81. The van der Waals surface area contributed by atoms with Crippen molar-refractivity contribution in [3.05, 3.63) is 41.1 Å². The molecule has 0 amide bonds. The smallest absolute Gasteiger partial charge is 0.174 e. The van der Waals surface area contributed by atoms with Gasteiger partial charge in [0.2, 0.25) is 0 Å². The summed E-state index contributed by atoms with van der Waals surface area (Å²) in [5.41, 5.74) is 6.09. The molecule has 4 N–H and O–H groups in total. The molecule has 0 saturated heterocycles. The van der Waals surface area contributed by atoms with E-state index in [1.807, 2.05) is 13.0 Å². The number of benzene rings is 1. The first kappa shape index (κ1) is 17.0. The lowest BCUT2D eigenvalue weighted by atomic mass is 9.97. The highest BCUT2D eigenvalue weighted by atomic mass is 16.5. The summed E-state index contributed by atoms with van der Waals surface area (Å²) in [6.07, 6.45) is 7.43. The first-order valence-electron chi connectivity index (χ1n) is 9.37. The molecule has 3 aliphatic heterocycles. The zero-order valence-corrected chi connectivity index (χ0v) is 15.5. The van der Waals surface area contributed by atoms with Crippen molar-refractivity contribution in [3.8, 4) is 5.75 Å². The van der Waals surface area contributed by atoms with Crippen LogP contribution in [-0.4, -0.2) is 38.9 Å². The first-order chi connectivity index (χ1) is 12.7. The molecule has 1 aromatic rings. The molecule has 6 heteroatoms. The number of nitrogens with one attached hydrogen (secondary N) is 4. The highest BCUT2D eigenvalue weighted by Crippen LogP contribution is 2.38. The Kier molecular flexibility index (Phi) is 4.84. The van der Waals surface area contributed by atoms with E-state index in [2.05, 4.69) is 44.5 Å². The molecule has 138 valence electrons. The van der Waals surface area contributed by atoms with Crippen LogP contribution >= 0.6 is 0 Å². The highest BCUT2D eigenvalue weighted by molar-refractivity contribution is 5.94. The number of fused-ring (bicyclic) bond motifs is 1. The van der Waals surface area contributed by atoms with E-state index in [1.54, 1.807) is 7.05 Å². The van der Waals surface area contributed by atoms with Crippen LogP contribution in [0.4, 0.5) is 5.69 Å². The Morgan fingerprint density at radius 1 is 1.23 bits per heavy atom. The van der Waals surface area contributed by atoms with Crippen LogP contribution in [0, 0.1) is 0 Å². The normalized spacial score (nSPS) is 23.8. The van der Waals surface area contributed by atoms with E-state index < -0.39 is 0 Å². The van der Waals surface area contributed by atoms with Crippen LogP contribution in [0.5, 0.6) is 5.75 Å². The van der Waals surface area contributed by atoms with Crippen LogP contribution in [0.3, 0.4) is 0 Å². The van der Waals surface area contributed by atoms with Gasteiger partial charge in [0.1, 0.15) is 11.6 Å².